The molecule has 0 bridgehead atoms. The summed E-state index contributed by atoms with van der Waals surface area (Å²) < 4.78 is 5.96. The molecule has 0 atom stereocenters. The monoisotopic (exact) mass is 343 g/mol. The summed E-state index contributed by atoms with van der Waals surface area (Å²) in [6, 6.07) is 2.94. The molecule has 0 spiro atoms. The van der Waals surface area contributed by atoms with Gasteiger partial charge in [0.15, 0.2) is 5.58 Å². The van der Waals surface area contributed by atoms with Crippen LogP contribution in [0.2, 0.25) is 0 Å². The normalized spacial score (nSPS) is 14.7. The highest BCUT2D eigenvalue weighted by molar-refractivity contribution is 6.31. The number of allylic oxidation sites excluding steroid dienone is 6. The number of fused-ring (bicyclic) bond motifs is 1. The quantitative estimate of drug-likeness (QED) is 0.613. The fourth-order valence-corrected chi connectivity index (χ4v) is 2.91. The van der Waals surface area contributed by atoms with Gasteiger partial charge in [-0.15, -0.1) is 0 Å². The van der Waals surface area contributed by atoms with Crippen LogP contribution in [0.25, 0.3) is 16.5 Å². The van der Waals surface area contributed by atoms with E-state index in [0.29, 0.717) is 28.2 Å². The Labute approximate surface area is 144 Å². The molecule has 1 aromatic carbocycles. The smallest absolute Gasteiger partial charge is 0.200 e. The first-order chi connectivity index (χ1) is 11.4. The molecule has 1 heterocycles. The van der Waals surface area contributed by atoms with Crippen LogP contribution in [-0.2, 0) is 0 Å². The van der Waals surface area contributed by atoms with E-state index in [9.17, 15) is 9.90 Å². The average molecular weight is 344 g/mol. The maximum atomic E-state index is 13.1. The van der Waals surface area contributed by atoms with Gasteiger partial charge in [-0.25, -0.2) is 0 Å². The third-order valence-corrected chi connectivity index (χ3v) is 4.27. The molecule has 1 aliphatic rings. The minimum Gasteiger partial charge on any atom is -0.506 e. The molecule has 0 fully saturated rings. The van der Waals surface area contributed by atoms with Crippen molar-refractivity contribution in [2.24, 2.45) is 0 Å². The molecule has 4 nitrogen and oxygen atoms in total. The molecule has 1 aromatic heterocycles. The van der Waals surface area contributed by atoms with E-state index >= 15 is 0 Å². The lowest BCUT2D eigenvalue weighted by molar-refractivity contribution is 0.473. The molecule has 0 aliphatic heterocycles. The van der Waals surface area contributed by atoms with Gasteiger partial charge in [-0.2, -0.15) is 0 Å². The number of phenols is 1. The largest absolute Gasteiger partial charge is 0.506 e. The first kappa shape index (κ1) is 16.4. The van der Waals surface area contributed by atoms with Gasteiger partial charge in [0.2, 0.25) is 5.43 Å². The summed E-state index contributed by atoms with van der Waals surface area (Å²) in [7, 11) is 0. The Morgan fingerprint density at radius 2 is 2.00 bits per heavy atom. The fourth-order valence-electron chi connectivity index (χ4n) is 2.75. The molecule has 1 aliphatic carbocycles. The highest BCUT2D eigenvalue weighted by Gasteiger charge is 2.21. The van der Waals surface area contributed by atoms with E-state index in [-0.39, 0.29) is 28.4 Å². The number of nitrogens with two attached hydrogens (primary N) is 1. The first-order valence-electron chi connectivity index (χ1n) is 7.72. The Morgan fingerprint density at radius 1 is 1.25 bits per heavy atom. The Bertz CT molecular complexity index is 965. The average Bonchev–Trinajstić information content (AvgIpc) is 2.75. The number of aromatic hydroxyl groups is 1. The molecule has 0 radical (unpaired) electrons. The number of benzene rings is 1. The van der Waals surface area contributed by atoms with Crippen molar-refractivity contribution in [2.45, 2.75) is 26.2 Å². The van der Waals surface area contributed by atoms with Crippen LogP contribution in [0.15, 0.2) is 50.7 Å². The minimum atomic E-state index is -0.166. The molecular weight excluding hydrogens is 326 g/mol. The highest BCUT2D eigenvalue weighted by atomic mass is 35.5. The Hall–Kier alpha value is -2.46. The van der Waals surface area contributed by atoms with Gasteiger partial charge in [0.1, 0.15) is 17.2 Å². The highest BCUT2D eigenvalue weighted by Crippen LogP contribution is 2.34. The van der Waals surface area contributed by atoms with Gasteiger partial charge >= 0.3 is 0 Å². The van der Waals surface area contributed by atoms with Crippen molar-refractivity contribution < 1.29 is 9.52 Å². The van der Waals surface area contributed by atoms with Crippen LogP contribution in [0.4, 0.5) is 5.69 Å². The van der Waals surface area contributed by atoms with Crippen molar-refractivity contribution in [3.63, 3.8) is 0 Å². The summed E-state index contributed by atoms with van der Waals surface area (Å²) in [5.41, 5.74) is 7.31. The van der Waals surface area contributed by atoms with Crippen LogP contribution in [0, 0.1) is 0 Å². The Kier molecular flexibility index (Phi) is 4.24. The lowest BCUT2D eigenvalue weighted by Crippen LogP contribution is -2.13. The second kappa shape index (κ2) is 6.21. The first-order valence-corrected chi connectivity index (χ1v) is 8.10. The van der Waals surface area contributed by atoms with Crippen molar-refractivity contribution in [3.05, 3.63) is 63.0 Å². The van der Waals surface area contributed by atoms with Crippen LogP contribution in [-0.4, -0.2) is 5.11 Å². The van der Waals surface area contributed by atoms with Gasteiger partial charge in [-0.05, 0) is 30.2 Å². The number of hydrogen-bond acceptors (Lipinski definition) is 4. The summed E-state index contributed by atoms with van der Waals surface area (Å²) in [6.07, 6.45) is 8.03. The van der Waals surface area contributed by atoms with Crippen LogP contribution in [0.5, 0.6) is 5.75 Å². The zero-order valence-corrected chi connectivity index (χ0v) is 14.2. The van der Waals surface area contributed by atoms with Crippen molar-refractivity contribution >= 4 is 33.8 Å². The third-order valence-electron chi connectivity index (χ3n) is 3.99. The number of anilines is 1. The lowest BCUT2D eigenvalue weighted by atomic mass is 9.96. The summed E-state index contributed by atoms with van der Waals surface area (Å²) in [5, 5.41) is 10.8. The van der Waals surface area contributed by atoms with Crippen LogP contribution < -0.4 is 11.2 Å². The topological polar surface area (TPSA) is 76.5 Å². The lowest BCUT2D eigenvalue weighted by Gasteiger charge is -2.14. The Morgan fingerprint density at radius 3 is 2.71 bits per heavy atom. The zero-order chi connectivity index (χ0) is 17.4. The molecule has 2 aromatic rings. The molecule has 5 heteroatoms. The molecule has 3 rings (SSSR count). The van der Waals surface area contributed by atoms with Crippen molar-refractivity contribution in [2.75, 3.05) is 5.73 Å². The zero-order valence-electron chi connectivity index (χ0n) is 13.5. The van der Waals surface area contributed by atoms with E-state index in [1.54, 1.807) is 6.08 Å². The molecule has 0 unspecified atom stereocenters. The van der Waals surface area contributed by atoms with Crippen LogP contribution >= 0.6 is 11.6 Å². The third kappa shape index (κ3) is 2.74. The summed E-state index contributed by atoms with van der Waals surface area (Å²) in [6.45, 7) is 3.89. The summed E-state index contributed by atoms with van der Waals surface area (Å²) in [4.78, 5) is 13.1. The second-order valence-corrected chi connectivity index (χ2v) is 6.45. The van der Waals surface area contributed by atoms with Crippen molar-refractivity contribution in [1.29, 1.82) is 0 Å². The van der Waals surface area contributed by atoms with E-state index in [1.165, 1.54) is 12.1 Å². The molecule has 0 amide bonds. The Balaban J connectivity index is 2.36. The van der Waals surface area contributed by atoms with E-state index < -0.39 is 0 Å². The van der Waals surface area contributed by atoms with Gasteiger partial charge < -0.3 is 15.3 Å². The van der Waals surface area contributed by atoms with E-state index in [1.807, 2.05) is 32.1 Å². The molecular formula is C19H18ClNO3. The maximum absolute atomic E-state index is 13.1. The molecule has 0 saturated carbocycles. The maximum Gasteiger partial charge on any atom is 0.200 e. The van der Waals surface area contributed by atoms with Gasteiger partial charge in [-0.3, -0.25) is 4.79 Å². The molecule has 24 heavy (non-hydrogen) atoms. The predicted octanol–water partition coefficient (Wildman–Crippen LogP) is 4.67. The number of halogens is 1. The standard InChI is InChI=1S/C19H18ClNO3/c1-10(2)18-15(11-4-3-5-12(20)7-6-11)17(23)13-8-9-14(22)16(21)19(13)24-18/h4-10,22H,3,21H2,1-2H3. The number of hydrogen-bond donors (Lipinski definition) is 2. The van der Waals surface area contributed by atoms with E-state index in [0.717, 1.165) is 5.57 Å². The molecule has 0 saturated heterocycles. The van der Waals surface area contributed by atoms with E-state index in [4.69, 9.17) is 21.8 Å². The van der Waals surface area contributed by atoms with Crippen molar-refractivity contribution in [1.82, 2.24) is 0 Å². The van der Waals surface area contributed by atoms with Crippen LogP contribution in [0.3, 0.4) is 0 Å². The molecule has 124 valence electrons. The van der Waals surface area contributed by atoms with Gasteiger partial charge in [0.05, 0.1) is 10.9 Å². The minimum absolute atomic E-state index is 0.0279. The second-order valence-electron chi connectivity index (χ2n) is 6.02. The van der Waals surface area contributed by atoms with Gasteiger partial charge in [-0.1, -0.05) is 43.7 Å². The number of nitrogen functional groups attached to an aromatic ring is 1. The SMILES string of the molecule is CC(C)c1oc2c(N)c(O)ccc2c(=O)c1C1=CCC=C(Cl)C=C1. The van der Waals surface area contributed by atoms with Gasteiger partial charge in [0.25, 0.3) is 0 Å². The fraction of sp³-hybridized carbons (Fsp3) is 0.211. The number of phenolic OH excluding ortho intramolecular Hbond substituents is 1. The molecule has 3 N–H and O–H groups in total. The van der Waals surface area contributed by atoms with Crippen molar-refractivity contribution in [3.8, 4) is 5.75 Å². The van der Waals surface area contributed by atoms with Crippen LogP contribution in [0.1, 0.15) is 37.5 Å². The predicted molar refractivity (Wildman–Crippen MR) is 98.3 cm³/mol. The number of rotatable bonds is 2. The summed E-state index contributed by atoms with van der Waals surface area (Å²) >= 11 is 6.04. The van der Waals surface area contributed by atoms with Gasteiger partial charge in [0, 0.05) is 11.0 Å². The summed E-state index contributed by atoms with van der Waals surface area (Å²) in [5.74, 6) is 0.413. The van der Waals surface area contributed by atoms with E-state index in [2.05, 4.69) is 0 Å².